The molecule has 1 saturated heterocycles. The Morgan fingerprint density at radius 1 is 1.31 bits per heavy atom. The predicted molar refractivity (Wildman–Crippen MR) is 79.4 cm³/mol. The van der Waals surface area contributed by atoms with Crippen molar-refractivity contribution < 1.29 is 9.53 Å². The van der Waals surface area contributed by atoms with Gasteiger partial charge in [-0.3, -0.25) is 4.79 Å². The van der Waals surface area contributed by atoms with Gasteiger partial charge in [0.1, 0.15) is 0 Å². The fourth-order valence-electron chi connectivity index (χ4n) is 1.61. The zero-order chi connectivity index (χ0) is 11.5. The van der Waals surface area contributed by atoms with Crippen molar-refractivity contribution in [3.05, 3.63) is 25.3 Å². The first-order chi connectivity index (χ1) is 7.65. The Kier molecular flexibility index (Phi) is 4.42. The van der Waals surface area contributed by atoms with Crippen molar-refractivity contribution in [1.82, 2.24) is 0 Å². The minimum absolute atomic E-state index is 0.00975. The maximum atomic E-state index is 11.8. The molecule has 1 aliphatic rings. The van der Waals surface area contributed by atoms with Crippen molar-refractivity contribution >= 4 is 56.8 Å². The number of ether oxygens (including phenoxy) is 1. The van der Waals surface area contributed by atoms with Crippen LogP contribution >= 0.6 is 45.2 Å². The summed E-state index contributed by atoms with van der Waals surface area (Å²) < 4.78 is 7.45. The van der Waals surface area contributed by atoms with Crippen LogP contribution in [-0.4, -0.2) is 19.1 Å². The number of carbonyl (C=O) groups is 1. The molecule has 5 heteroatoms. The Morgan fingerprint density at radius 2 is 2.00 bits per heavy atom. The van der Waals surface area contributed by atoms with E-state index in [1.54, 1.807) is 0 Å². The molecular formula is C11H11I2NO2. The molecule has 1 atom stereocenters. The molecule has 2 rings (SSSR count). The molecule has 1 aromatic rings. The number of amides is 1. The van der Waals surface area contributed by atoms with Crippen LogP contribution in [0, 0.1) is 13.1 Å². The number of benzene rings is 1. The highest BCUT2D eigenvalue weighted by molar-refractivity contribution is 14.1. The Hall–Kier alpha value is 0.110. The first-order valence-electron chi connectivity index (χ1n) is 5.00. The molecule has 16 heavy (non-hydrogen) atoms. The summed E-state index contributed by atoms with van der Waals surface area (Å²) in [5.74, 6) is 0.0748. The molecule has 0 spiro atoms. The number of halogens is 2. The Morgan fingerprint density at radius 3 is 2.56 bits per heavy atom. The molecule has 0 saturated carbocycles. The summed E-state index contributed by atoms with van der Waals surface area (Å²) in [4.78, 5) is 11.8. The minimum atomic E-state index is 0.00975. The third-order valence-corrected chi connectivity index (χ3v) is 3.68. The van der Waals surface area contributed by atoms with E-state index in [4.69, 9.17) is 4.74 Å². The molecule has 0 aliphatic carbocycles. The van der Waals surface area contributed by atoms with Gasteiger partial charge in [0.15, 0.2) is 0 Å². The SMILES string of the molecule is O=C(Nc1cc(I)cc(I)c1)C1CCOC1. The van der Waals surface area contributed by atoms with E-state index in [1.165, 1.54) is 0 Å². The van der Waals surface area contributed by atoms with Gasteiger partial charge in [0, 0.05) is 19.4 Å². The second-order valence-electron chi connectivity index (χ2n) is 3.71. The Labute approximate surface area is 122 Å². The molecule has 86 valence electrons. The standard InChI is InChI=1S/C11H11I2NO2/c12-8-3-9(13)5-10(4-8)14-11(15)7-1-2-16-6-7/h3-5,7H,1-2,6H2,(H,14,15). The number of hydrogen-bond acceptors (Lipinski definition) is 2. The molecular weight excluding hydrogens is 432 g/mol. The van der Waals surface area contributed by atoms with Crippen molar-refractivity contribution in [3.63, 3.8) is 0 Å². The van der Waals surface area contributed by atoms with Gasteiger partial charge in [-0.25, -0.2) is 0 Å². The summed E-state index contributed by atoms with van der Waals surface area (Å²) in [6.45, 7) is 1.24. The molecule has 1 aromatic carbocycles. The van der Waals surface area contributed by atoms with Crippen LogP contribution in [0.2, 0.25) is 0 Å². The largest absolute Gasteiger partial charge is 0.381 e. The lowest BCUT2D eigenvalue weighted by Gasteiger charge is -2.10. The van der Waals surface area contributed by atoms with E-state index in [-0.39, 0.29) is 11.8 Å². The molecule has 0 radical (unpaired) electrons. The number of hydrogen-bond donors (Lipinski definition) is 1. The van der Waals surface area contributed by atoms with Gasteiger partial charge < -0.3 is 10.1 Å². The van der Waals surface area contributed by atoms with Crippen LogP contribution in [0.3, 0.4) is 0 Å². The summed E-state index contributed by atoms with van der Waals surface area (Å²) >= 11 is 4.49. The summed E-state index contributed by atoms with van der Waals surface area (Å²) in [7, 11) is 0. The second kappa shape index (κ2) is 5.63. The molecule has 0 bridgehead atoms. The molecule has 3 nitrogen and oxygen atoms in total. The van der Waals surface area contributed by atoms with Gasteiger partial charge in [-0.15, -0.1) is 0 Å². The highest BCUT2D eigenvalue weighted by Gasteiger charge is 2.23. The lowest BCUT2D eigenvalue weighted by molar-refractivity contribution is -0.119. The fraction of sp³-hybridized carbons (Fsp3) is 0.364. The van der Waals surface area contributed by atoms with Gasteiger partial charge in [-0.05, 0) is 69.8 Å². The van der Waals surface area contributed by atoms with Gasteiger partial charge in [0.25, 0.3) is 0 Å². The lowest BCUT2D eigenvalue weighted by Crippen LogP contribution is -2.22. The second-order valence-corrected chi connectivity index (χ2v) is 6.20. The molecule has 0 aromatic heterocycles. The highest BCUT2D eigenvalue weighted by atomic mass is 127. The highest BCUT2D eigenvalue weighted by Crippen LogP contribution is 2.20. The molecule has 1 aliphatic heterocycles. The lowest BCUT2D eigenvalue weighted by atomic mass is 10.1. The average Bonchev–Trinajstić information content (AvgIpc) is 2.68. The zero-order valence-electron chi connectivity index (χ0n) is 8.50. The quantitative estimate of drug-likeness (QED) is 0.715. The number of nitrogens with one attached hydrogen (secondary N) is 1. The number of rotatable bonds is 2. The maximum absolute atomic E-state index is 11.8. The van der Waals surface area contributed by atoms with Crippen LogP contribution in [-0.2, 0) is 9.53 Å². The van der Waals surface area contributed by atoms with Gasteiger partial charge in [0.05, 0.1) is 12.5 Å². The van der Waals surface area contributed by atoms with Crippen LogP contribution in [0.5, 0.6) is 0 Å². The molecule has 1 heterocycles. The first-order valence-corrected chi connectivity index (χ1v) is 7.15. The third kappa shape index (κ3) is 3.30. The van der Waals surface area contributed by atoms with Crippen molar-refractivity contribution in [1.29, 1.82) is 0 Å². The van der Waals surface area contributed by atoms with Crippen molar-refractivity contribution in [2.45, 2.75) is 6.42 Å². The van der Waals surface area contributed by atoms with Crippen LogP contribution in [0.4, 0.5) is 5.69 Å². The van der Waals surface area contributed by atoms with Gasteiger partial charge >= 0.3 is 0 Å². The summed E-state index contributed by atoms with van der Waals surface area (Å²) in [5, 5.41) is 2.94. The van der Waals surface area contributed by atoms with Crippen LogP contribution in [0.15, 0.2) is 18.2 Å². The fourth-order valence-corrected chi connectivity index (χ4v) is 3.55. The van der Waals surface area contributed by atoms with Gasteiger partial charge in [-0.1, -0.05) is 0 Å². The zero-order valence-corrected chi connectivity index (χ0v) is 12.8. The van der Waals surface area contributed by atoms with Gasteiger partial charge in [-0.2, -0.15) is 0 Å². The monoisotopic (exact) mass is 443 g/mol. The number of anilines is 1. The van der Waals surface area contributed by atoms with Crippen LogP contribution < -0.4 is 5.32 Å². The normalized spacial score (nSPS) is 19.8. The van der Waals surface area contributed by atoms with E-state index in [2.05, 4.69) is 56.6 Å². The molecule has 1 unspecified atom stereocenters. The molecule has 1 N–H and O–H groups in total. The summed E-state index contributed by atoms with van der Waals surface area (Å²) in [5.41, 5.74) is 0.869. The summed E-state index contributed by atoms with van der Waals surface area (Å²) in [6.07, 6.45) is 0.826. The Balaban J connectivity index is 2.05. The third-order valence-electron chi connectivity index (χ3n) is 2.43. The first kappa shape index (κ1) is 12.6. The van der Waals surface area contributed by atoms with E-state index in [1.807, 2.05) is 12.1 Å². The number of carbonyl (C=O) groups excluding carboxylic acids is 1. The molecule has 1 fully saturated rings. The van der Waals surface area contributed by atoms with Crippen LogP contribution in [0.25, 0.3) is 0 Å². The predicted octanol–water partition coefficient (Wildman–Crippen LogP) is 2.87. The van der Waals surface area contributed by atoms with E-state index in [9.17, 15) is 4.79 Å². The topological polar surface area (TPSA) is 38.3 Å². The van der Waals surface area contributed by atoms with E-state index in [0.717, 1.165) is 19.2 Å². The Bertz CT molecular complexity index is 383. The van der Waals surface area contributed by atoms with E-state index in [0.29, 0.717) is 13.2 Å². The molecule has 1 amide bonds. The summed E-state index contributed by atoms with van der Waals surface area (Å²) in [6, 6.07) is 6.00. The maximum Gasteiger partial charge on any atom is 0.229 e. The smallest absolute Gasteiger partial charge is 0.229 e. The van der Waals surface area contributed by atoms with Gasteiger partial charge in [0.2, 0.25) is 5.91 Å². The van der Waals surface area contributed by atoms with E-state index >= 15 is 0 Å². The van der Waals surface area contributed by atoms with Crippen molar-refractivity contribution in [2.24, 2.45) is 5.92 Å². The van der Waals surface area contributed by atoms with Crippen LogP contribution in [0.1, 0.15) is 6.42 Å². The van der Waals surface area contributed by atoms with E-state index < -0.39 is 0 Å². The minimum Gasteiger partial charge on any atom is -0.381 e. The van der Waals surface area contributed by atoms with Crippen molar-refractivity contribution in [2.75, 3.05) is 18.5 Å². The van der Waals surface area contributed by atoms with Crippen molar-refractivity contribution in [3.8, 4) is 0 Å². The average molecular weight is 443 g/mol.